The first kappa shape index (κ1) is 29.2. The number of nitrogens with zero attached hydrogens (tertiary/aromatic N) is 5. The van der Waals surface area contributed by atoms with Crippen LogP contribution in [0.1, 0.15) is 29.8 Å². The lowest BCUT2D eigenvalue weighted by atomic mass is 10.1. The van der Waals surface area contributed by atoms with Crippen molar-refractivity contribution in [1.82, 2.24) is 4.31 Å². The molecule has 0 fully saturated rings. The highest BCUT2D eigenvalue weighted by molar-refractivity contribution is 9.10. The van der Waals surface area contributed by atoms with Crippen LogP contribution in [0.4, 0.5) is 22.7 Å². The van der Waals surface area contributed by atoms with Gasteiger partial charge in [0.1, 0.15) is 22.3 Å². The number of nitriles is 1. The molecule has 0 bridgehead atoms. The highest BCUT2D eigenvalue weighted by Gasteiger charge is 2.43. The lowest BCUT2D eigenvalue weighted by Gasteiger charge is -2.25. The zero-order valence-electron chi connectivity index (χ0n) is 21.3. The maximum absolute atomic E-state index is 12.8. The third-order valence-electron chi connectivity index (χ3n) is 5.66. The number of amides is 2. The highest BCUT2D eigenvalue weighted by atomic mass is 79.9. The van der Waals surface area contributed by atoms with Gasteiger partial charge in [-0.3, -0.25) is 9.59 Å². The predicted octanol–water partition coefficient (Wildman–Crippen LogP) is 3.96. The second kappa shape index (κ2) is 12.4. The number of carbonyl (C=O) groups excluding carboxylic acids is 2. The molecule has 1 aliphatic heterocycles. The van der Waals surface area contributed by atoms with E-state index in [1.807, 2.05) is 11.0 Å². The van der Waals surface area contributed by atoms with Crippen molar-refractivity contribution in [3.05, 3.63) is 39.9 Å². The van der Waals surface area contributed by atoms with E-state index < -0.39 is 15.9 Å². The quantitative estimate of drug-likeness (QED) is 0.377. The van der Waals surface area contributed by atoms with Crippen LogP contribution in [0.25, 0.3) is 0 Å². The molecule has 0 saturated carbocycles. The number of fused-ring (bicyclic) bond motifs is 1. The van der Waals surface area contributed by atoms with Crippen LogP contribution in [-0.4, -0.2) is 71.6 Å². The number of halogens is 1. The predicted molar refractivity (Wildman–Crippen MR) is 144 cm³/mol. The molecule has 0 spiro atoms. The minimum atomic E-state index is -4.07. The van der Waals surface area contributed by atoms with Gasteiger partial charge in [-0.05, 0) is 47.1 Å². The molecular formula is C24H27BrN6O6S. The molecule has 0 aliphatic carbocycles. The number of anilines is 2. The summed E-state index contributed by atoms with van der Waals surface area (Å²) in [6.45, 7) is 4.97. The fourth-order valence-corrected chi connectivity index (χ4v) is 6.25. The van der Waals surface area contributed by atoms with E-state index >= 15 is 0 Å². The highest BCUT2D eigenvalue weighted by Crippen LogP contribution is 2.43. The van der Waals surface area contributed by atoms with Crippen LogP contribution in [0.15, 0.2) is 43.9 Å². The minimum absolute atomic E-state index is 0.00702. The summed E-state index contributed by atoms with van der Waals surface area (Å²) in [5.74, 6) is -1.04. The number of hydrogen-bond acceptors (Lipinski definition) is 10. The molecule has 12 nitrogen and oxygen atoms in total. The zero-order valence-corrected chi connectivity index (χ0v) is 23.7. The van der Waals surface area contributed by atoms with Crippen LogP contribution in [-0.2, 0) is 24.3 Å². The standard InChI is InChI=1S/C24H27BrN6O6S/c1-5-31-24(33)21-20(38(31,34)35)12-16(14-26)23(22(21)25)29-28-18-7-6-17(13-19(18)27-15(2)32)30(8-10-36-3)9-11-37-4/h6-7,12-13H,5,8-11H2,1-4H3,(H,27,32)/b29-28+. The Labute approximate surface area is 229 Å². The topological polar surface area (TPSA) is 154 Å². The molecule has 1 heterocycles. The lowest BCUT2D eigenvalue weighted by molar-refractivity contribution is -0.114. The summed E-state index contributed by atoms with van der Waals surface area (Å²) in [7, 11) is -0.857. The Hall–Kier alpha value is -3.38. The summed E-state index contributed by atoms with van der Waals surface area (Å²) in [6, 6.07) is 8.22. The van der Waals surface area contributed by atoms with Crippen molar-refractivity contribution in [1.29, 1.82) is 5.26 Å². The van der Waals surface area contributed by atoms with Crippen molar-refractivity contribution in [2.45, 2.75) is 18.7 Å². The molecule has 2 aromatic carbocycles. The van der Waals surface area contributed by atoms with Crippen molar-refractivity contribution >= 4 is 60.5 Å². The first-order valence-corrected chi connectivity index (χ1v) is 13.7. The fourth-order valence-electron chi connectivity index (χ4n) is 3.84. The van der Waals surface area contributed by atoms with E-state index in [-0.39, 0.29) is 44.3 Å². The molecule has 14 heteroatoms. The first-order valence-electron chi connectivity index (χ1n) is 11.5. The smallest absolute Gasteiger partial charge is 0.270 e. The van der Waals surface area contributed by atoms with Gasteiger partial charge in [-0.25, -0.2) is 12.7 Å². The van der Waals surface area contributed by atoms with Crippen LogP contribution < -0.4 is 10.2 Å². The Morgan fingerprint density at radius 3 is 2.39 bits per heavy atom. The second-order valence-corrected chi connectivity index (χ2v) is 10.7. The fraction of sp³-hybridized carbons (Fsp3) is 0.375. The Morgan fingerprint density at radius 1 is 1.18 bits per heavy atom. The summed E-state index contributed by atoms with van der Waals surface area (Å²) < 4.78 is 36.7. The Kier molecular flexibility index (Phi) is 9.55. The van der Waals surface area contributed by atoms with Gasteiger partial charge in [-0.1, -0.05) is 0 Å². The molecular weight excluding hydrogens is 580 g/mol. The van der Waals surface area contributed by atoms with Crippen LogP contribution in [0.3, 0.4) is 0 Å². The van der Waals surface area contributed by atoms with Crippen LogP contribution in [0.5, 0.6) is 0 Å². The molecule has 0 saturated heterocycles. The summed E-state index contributed by atoms with van der Waals surface area (Å²) in [5, 5.41) is 20.8. The number of rotatable bonds is 11. The van der Waals surface area contributed by atoms with E-state index in [0.29, 0.717) is 32.0 Å². The molecule has 2 aromatic rings. The summed E-state index contributed by atoms with van der Waals surface area (Å²) >= 11 is 3.27. The molecule has 1 aliphatic rings. The SMILES string of the molecule is CCN1C(=O)c2c(cc(C#N)c(/N=N/c3ccc(N(CCOC)CCOC)cc3NC(C)=O)c2Br)S1(=O)=O. The van der Waals surface area contributed by atoms with E-state index in [9.17, 15) is 23.3 Å². The van der Waals surface area contributed by atoms with Crippen LogP contribution in [0.2, 0.25) is 0 Å². The number of benzene rings is 2. The number of methoxy groups -OCH3 is 2. The van der Waals surface area contributed by atoms with E-state index in [2.05, 4.69) is 31.5 Å². The zero-order chi connectivity index (χ0) is 28.0. The normalized spacial score (nSPS) is 14.0. The van der Waals surface area contributed by atoms with Gasteiger partial charge in [0.15, 0.2) is 0 Å². The van der Waals surface area contributed by atoms with Gasteiger partial charge in [0.2, 0.25) is 5.91 Å². The van der Waals surface area contributed by atoms with E-state index in [4.69, 9.17) is 9.47 Å². The molecule has 0 radical (unpaired) electrons. The van der Waals surface area contributed by atoms with Crippen molar-refractivity contribution in [3.8, 4) is 6.07 Å². The van der Waals surface area contributed by atoms with Gasteiger partial charge in [-0.2, -0.15) is 5.26 Å². The average Bonchev–Trinajstić information content (AvgIpc) is 3.07. The molecule has 1 N–H and O–H groups in total. The monoisotopic (exact) mass is 606 g/mol. The van der Waals surface area contributed by atoms with Crippen LogP contribution >= 0.6 is 15.9 Å². The van der Waals surface area contributed by atoms with Gasteiger partial charge in [-0.15, -0.1) is 10.2 Å². The van der Waals surface area contributed by atoms with Gasteiger partial charge >= 0.3 is 0 Å². The molecule has 38 heavy (non-hydrogen) atoms. The number of nitrogens with one attached hydrogen (secondary N) is 1. The Morgan fingerprint density at radius 2 is 1.84 bits per heavy atom. The Balaban J connectivity index is 2.08. The molecule has 0 aromatic heterocycles. The third-order valence-corrected chi connectivity index (χ3v) is 8.32. The minimum Gasteiger partial charge on any atom is -0.383 e. The summed E-state index contributed by atoms with van der Waals surface area (Å²) in [4.78, 5) is 26.5. The van der Waals surface area contributed by atoms with Crippen molar-refractivity contribution < 1.29 is 27.5 Å². The number of azo groups is 1. The first-order chi connectivity index (χ1) is 18.1. The van der Waals surface area contributed by atoms with Crippen molar-refractivity contribution in [2.24, 2.45) is 10.2 Å². The van der Waals surface area contributed by atoms with E-state index in [0.717, 1.165) is 16.1 Å². The van der Waals surface area contributed by atoms with Gasteiger partial charge < -0.3 is 19.7 Å². The second-order valence-electron chi connectivity index (χ2n) is 8.10. The molecule has 202 valence electrons. The summed E-state index contributed by atoms with van der Waals surface area (Å²) in [5.41, 5.74) is 1.24. The summed E-state index contributed by atoms with van der Waals surface area (Å²) in [6.07, 6.45) is 0. The molecule has 2 amide bonds. The third kappa shape index (κ3) is 5.86. The molecule has 0 atom stereocenters. The van der Waals surface area contributed by atoms with Crippen molar-refractivity contribution in [2.75, 3.05) is 57.3 Å². The number of ether oxygens (including phenoxy) is 2. The van der Waals surface area contributed by atoms with Crippen molar-refractivity contribution in [3.63, 3.8) is 0 Å². The maximum Gasteiger partial charge on any atom is 0.270 e. The average molecular weight is 607 g/mol. The number of sulfonamides is 1. The molecule has 0 unspecified atom stereocenters. The largest absolute Gasteiger partial charge is 0.383 e. The molecule has 3 rings (SSSR count). The number of carbonyl (C=O) groups is 2. The maximum atomic E-state index is 12.8. The van der Waals surface area contributed by atoms with Gasteiger partial charge in [0.05, 0.1) is 34.5 Å². The van der Waals surface area contributed by atoms with E-state index in [1.54, 1.807) is 39.3 Å². The van der Waals surface area contributed by atoms with Crippen LogP contribution in [0, 0.1) is 11.3 Å². The van der Waals surface area contributed by atoms with Gasteiger partial charge in [0, 0.05) is 46.5 Å². The van der Waals surface area contributed by atoms with E-state index in [1.165, 1.54) is 6.92 Å². The lowest BCUT2D eigenvalue weighted by Crippen LogP contribution is -2.30. The Bertz CT molecular complexity index is 1410. The number of hydrogen-bond donors (Lipinski definition) is 1. The van der Waals surface area contributed by atoms with Gasteiger partial charge in [0.25, 0.3) is 15.9 Å².